The van der Waals surface area contributed by atoms with E-state index >= 15 is 0 Å². The van der Waals surface area contributed by atoms with Crippen LogP contribution >= 0.6 is 0 Å². The number of rotatable bonds is 6. The van der Waals surface area contributed by atoms with E-state index in [4.69, 9.17) is 5.26 Å². The van der Waals surface area contributed by atoms with Crippen molar-refractivity contribution in [1.82, 2.24) is 9.80 Å². The van der Waals surface area contributed by atoms with Crippen LogP contribution in [0.3, 0.4) is 0 Å². The summed E-state index contributed by atoms with van der Waals surface area (Å²) in [5.41, 5.74) is 0. The van der Waals surface area contributed by atoms with Crippen LogP contribution in [0.2, 0.25) is 0 Å². The molecule has 0 aliphatic carbocycles. The lowest BCUT2D eigenvalue weighted by Gasteiger charge is -2.23. The molecule has 0 bridgehead atoms. The second-order valence-electron chi connectivity index (χ2n) is 3.79. The average molecular weight is 211 g/mol. The van der Waals surface area contributed by atoms with Gasteiger partial charge in [-0.25, -0.2) is 0 Å². The number of likely N-dealkylation sites (N-methyl/N-ethyl adjacent to an activating group) is 2. The van der Waals surface area contributed by atoms with Gasteiger partial charge in [0, 0.05) is 19.6 Å². The highest BCUT2D eigenvalue weighted by Crippen LogP contribution is 1.97. The third-order valence-electron chi connectivity index (χ3n) is 2.33. The topological polar surface area (TPSA) is 47.3 Å². The van der Waals surface area contributed by atoms with Gasteiger partial charge in [0.25, 0.3) is 0 Å². The molecule has 0 aliphatic heterocycles. The van der Waals surface area contributed by atoms with Crippen LogP contribution in [0.15, 0.2) is 0 Å². The molecule has 15 heavy (non-hydrogen) atoms. The van der Waals surface area contributed by atoms with Crippen LogP contribution in [-0.2, 0) is 4.79 Å². The van der Waals surface area contributed by atoms with Gasteiger partial charge in [-0.05, 0) is 27.8 Å². The maximum atomic E-state index is 11.7. The summed E-state index contributed by atoms with van der Waals surface area (Å²) in [7, 11) is 1.87. The quantitative estimate of drug-likeness (QED) is 0.657. The summed E-state index contributed by atoms with van der Waals surface area (Å²) in [4.78, 5) is 15.4. The molecule has 0 heterocycles. The smallest absolute Gasteiger partial charge is 0.236 e. The van der Waals surface area contributed by atoms with E-state index in [1.54, 1.807) is 4.90 Å². The van der Waals surface area contributed by atoms with Crippen LogP contribution in [0.1, 0.15) is 20.8 Å². The first-order chi connectivity index (χ1) is 7.04. The molecule has 0 spiro atoms. The fourth-order valence-corrected chi connectivity index (χ4v) is 1.48. The number of carbonyl (C=O) groups is 1. The Kier molecular flexibility index (Phi) is 6.72. The Morgan fingerprint density at radius 1 is 1.40 bits per heavy atom. The predicted molar refractivity (Wildman–Crippen MR) is 60.2 cm³/mol. The van der Waals surface area contributed by atoms with Crippen LogP contribution in [0.4, 0.5) is 0 Å². The highest BCUT2D eigenvalue weighted by molar-refractivity contribution is 5.78. The molecule has 86 valence electrons. The Bertz CT molecular complexity index is 230. The lowest BCUT2D eigenvalue weighted by Crippen LogP contribution is -2.39. The molecular weight excluding hydrogens is 190 g/mol. The summed E-state index contributed by atoms with van der Waals surface area (Å²) in [6, 6.07) is 2.16. The van der Waals surface area contributed by atoms with Gasteiger partial charge in [0.1, 0.15) is 0 Å². The number of carbonyl (C=O) groups excluding carboxylic acids is 1. The van der Waals surface area contributed by atoms with Crippen molar-refractivity contribution in [2.75, 3.05) is 33.2 Å². The molecule has 1 atom stereocenters. The Morgan fingerprint density at radius 2 is 1.93 bits per heavy atom. The summed E-state index contributed by atoms with van der Waals surface area (Å²) >= 11 is 0. The first-order valence-corrected chi connectivity index (χ1v) is 5.41. The highest BCUT2D eigenvalue weighted by atomic mass is 16.2. The van der Waals surface area contributed by atoms with Crippen molar-refractivity contribution in [2.24, 2.45) is 5.92 Å². The van der Waals surface area contributed by atoms with Gasteiger partial charge in [0.2, 0.25) is 5.91 Å². The molecule has 1 unspecified atom stereocenters. The molecule has 0 N–H and O–H groups in total. The number of amides is 1. The minimum absolute atomic E-state index is 0.0282. The van der Waals surface area contributed by atoms with E-state index in [2.05, 4.69) is 6.07 Å². The van der Waals surface area contributed by atoms with Crippen LogP contribution < -0.4 is 0 Å². The number of nitriles is 1. The van der Waals surface area contributed by atoms with Gasteiger partial charge in [-0.2, -0.15) is 5.26 Å². The molecule has 1 amide bonds. The minimum Gasteiger partial charge on any atom is -0.342 e. The number of nitrogens with zero attached hydrogens (tertiary/aromatic N) is 3. The molecule has 0 aromatic carbocycles. The van der Waals surface area contributed by atoms with Gasteiger partial charge in [-0.3, -0.25) is 9.69 Å². The van der Waals surface area contributed by atoms with Gasteiger partial charge in [0.15, 0.2) is 0 Å². The van der Waals surface area contributed by atoms with E-state index in [0.717, 1.165) is 13.1 Å². The molecule has 0 saturated heterocycles. The standard InChI is InChI=1S/C11H21N3O/c1-5-14(6-2)11(15)9-13(4)8-10(3)7-12/h10H,5-6,8-9H2,1-4H3. The molecule has 0 radical (unpaired) electrons. The van der Waals surface area contributed by atoms with Crippen molar-refractivity contribution in [3.05, 3.63) is 0 Å². The molecule has 0 aliphatic rings. The van der Waals surface area contributed by atoms with E-state index in [9.17, 15) is 4.79 Å². The molecule has 4 heteroatoms. The zero-order valence-corrected chi connectivity index (χ0v) is 10.2. The highest BCUT2D eigenvalue weighted by Gasteiger charge is 2.13. The van der Waals surface area contributed by atoms with Crippen LogP contribution in [0.25, 0.3) is 0 Å². The second-order valence-corrected chi connectivity index (χ2v) is 3.79. The van der Waals surface area contributed by atoms with E-state index in [1.807, 2.05) is 32.7 Å². The first kappa shape index (κ1) is 13.9. The Balaban J connectivity index is 4.01. The predicted octanol–water partition coefficient (Wildman–Crippen LogP) is 0.946. The Hall–Kier alpha value is -1.08. The molecule has 0 aromatic rings. The average Bonchev–Trinajstić information content (AvgIpc) is 2.19. The Morgan fingerprint density at radius 3 is 2.33 bits per heavy atom. The van der Waals surface area contributed by atoms with Crippen LogP contribution in [-0.4, -0.2) is 48.9 Å². The number of hydrogen-bond acceptors (Lipinski definition) is 3. The van der Waals surface area contributed by atoms with Crippen LogP contribution in [0.5, 0.6) is 0 Å². The maximum absolute atomic E-state index is 11.7. The SMILES string of the molecule is CCN(CC)C(=O)CN(C)CC(C)C#N. The van der Waals surface area contributed by atoms with Gasteiger partial charge in [-0.15, -0.1) is 0 Å². The Labute approximate surface area is 92.5 Å². The molecule has 0 fully saturated rings. The third-order valence-corrected chi connectivity index (χ3v) is 2.33. The summed E-state index contributed by atoms with van der Waals surface area (Å²) in [5, 5.41) is 8.65. The maximum Gasteiger partial charge on any atom is 0.236 e. The van der Waals surface area contributed by atoms with Crippen LogP contribution in [0, 0.1) is 17.2 Å². The molecule has 0 rings (SSSR count). The lowest BCUT2D eigenvalue weighted by molar-refractivity contribution is -0.131. The minimum atomic E-state index is -0.0282. The fourth-order valence-electron chi connectivity index (χ4n) is 1.48. The van der Waals surface area contributed by atoms with Gasteiger partial charge in [-0.1, -0.05) is 0 Å². The lowest BCUT2D eigenvalue weighted by atomic mass is 10.2. The third kappa shape index (κ3) is 5.38. The van der Waals surface area contributed by atoms with E-state index < -0.39 is 0 Å². The van der Waals surface area contributed by atoms with Crippen molar-refractivity contribution >= 4 is 5.91 Å². The van der Waals surface area contributed by atoms with Crippen molar-refractivity contribution in [3.8, 4) is 6.07 Å². The zero-order valence-electron chi connectivity index (χ0n) is 10.2. The summed E-state index contributed by atoms with van der Waals surface area (Å²) in [6.07, 6.45) is 0. The van der Waals surface area contributed by atoms with Crippen molar-refractivity contribution in [3.63, 3.8) is 0 Å². The van der Waals surface area contributed by atoms with E-state index in [1.165, 1.54) is 0 Å². The fraction of sp³-hybridized carbons (Fsp3) is 0.818. The van der Waals surface area contributed by atoms with Gasteiger partial charge < -0.3 is 4.90 Å². The van der Waals surface area contributed by atoms with Crippen molar-refractivity contribution in [1.29, 1.82) is 5.26 Å². The van der Waals surface area contributed by atoms with Gasteiger partial charge >= 0.3 is 0 Å². The summed E-state index contributed by atoms with van der Waals surface area (Å²) < 4.78 is 0. The zero-order chi connectivity index (χ0) is 11.8. The van der Waals surface area contributed by atoms with E-state index in [0.29, 0.717) is 13.1 Å². The summed E-state index contributed by atoms with van der Waals surface area (Å²) in [5.74, 6) is 0.104. The first-order valence-electron chi connectivity index (χ1n) is 5.41. The second kappa shape index (κ2) is 7.24. The van der Waals surface area contributed by atoms with Gasteiger partial charge in [0.05, 0.1) is 18.5 Å². The largest absolute Gasteiger partial charge is 0.342 e. The molecular formula is C11H21N3O. The molecule has 0 aromatic heterocycles. The van der Waals surface area contributed by atoms with E-state index in [-0.39, 0.29) is 11.8 Å². The molecule has 4 nitrogen and oxygen atoms in total. The summed E-state index contributed by atoms with van der Waals surface area (Å²) in [6.45, 7) is 8.34. The monoisotopic (exact) mass is 211 g/mol. The van der Waals surface area contributed by atoms with Crippen molar-refractivity contribution < 1.29 is 4.79 Å². The van der Waals surface area contributed by atoms with Crippen molar-refractivity contribution in [2.45, 2.75) is 20.8 Å². The number of hydrogen-bond donors (Lipinski definition) is 0. The normalized spacial score (nSPS) is 12.3. The molecule has 0 saturated carbocycles.